The fourth-order valence-electron chi connectivity index (χ4n) is 1.23. The van der Waals surface area contributed by atoms with Gasteiger partial charge in [0.25, 0.3) is 0 Å². The number of alkyl halides is 3. The van der Waals surface area contributed by atoms with Crippen molar-refractivity contribution in [3.05, 3.63) is 0 Å². The lowest BCUT2D eigenvalue weighted by Crippen LogP contribution is -2.63. The third kappa shape index (κ3) is 2.05. The predicted octanol–water partition coefficient (Wildman–Crippen LogP) is 1.16. The van der Waals surface area contributed by atoms with Gasteiger partial charge in [-0.25, -0.2) is 0 Å². The molecule has 0 radical (unpaired) electrons. The Morgan fingerprint density at radius 1 is 1.46 bits per heavy atom. The van der Waals surface area contributed by atoms with Gasteiger partial charge in [0.1, 0.15) is 5.54 Å². The lowest BCUT2D eigenvalue weighted by Gasteiger charge is -2.43. The van der Waals surface area contributed by atoms with Gasteiger partial charge in [0, 0.05) is 0 Å². The van der Waals surface area contributed by atoms with E-state index in [2.05, 4.69) is 0 Å². The summed E-state index contributed by atoms with van der Waals surface area (Å²) in [5.74, 6) is -2.14. The van der Waals surface area contributed by atoms with Crippen molar-refractivity contribution in [3.8, 4) is 0 Å². The summed E-state index contributed by atoms with van der Waals surface area (Å²) in [5.41, 5.74) is 2.65. The Balaban J connectivity index is 0.00000144. The first kappa shape index (κ1) is 12.5. The van der Waals surface area contributed by atoms with Crippen molar-refractivity contribution in [2.75, 3.05) is 0 Å². The van der Waals surface area contributed by atoms with Crippen LogP contribution in [0.1, 0.15) is 12.8 Å². The third-order valence-corrected chi connectivity index (χ3v) is 2.14. The Bertz CT molecular complexity index is 212. The molecule has 3 N–H and O–H groups in total. The summed E-state index contributed by atoms with van der Waals surface area (Å²) in [5, 5.41) is 8.31. The molecule has 78 valence electrons. The zero-order valence-corrected chi connectivity index (χ0v) is 7.28. The first-order valence-electron chi connectivity index (χ1n) is 3.35. The van der Waals surface area contributed by atoms with Gasteiger partial charge in [-0.15, -0.1) is 12.4 Å². The fraction of sp³-hybridized carbons (Fsp3) is 0.833. The van der Waals surface area contributed by atoms with Gasteiger partial charge >= 0.3 is 12.1 Å². The van der Waals surface area contributed by atoms with Crippen LogP contribution in [0.2, 0.25) is 0 Å². The molecule has 1 rings (SSSR count). The van der Waals surface area contributed by atoms with E-state index in [0.717, 1.165) is 0 Å². The van der Waals surface area contributed by atoms with Crippen molar-refractivity contribution in [1.29, 1.82) is 0 Å². The molecule has 1 saturated carbocycles. The van der Waals surface area contributed by atoms with Gasteiger partial charge in [0.2, 0.25) is 0 Å². The highest BCUT2D eigenvalue weighted by Gasteiger charge is 2.61. The Labute approximate surface area is 78.5 Å². The molecule has 0 aromatic heterocycles. The highest BCUT2D eigenvalue weighted by Crippen LogP contribution is 2.46. The summed E-state index contributed by atoms with van der Waals surface area (Å²) in [7, 11) is 0. The van der Waals surface area contributed by atoms with Crippen LogP contribution < -0.4 is 5.73 Å². The topological polar surface area (TPSA) is 63.3 Å². The Morgan fingerprint density at radius 2 is 1.85 bits per heavy atom. The molecule has 3 nitrogen and oxygen atoms in total. The number of hydrogen-bond acceptors (Lipinski definition) is 2. The molecular formula is C6H9ClF3NO2. The molecule has 0 saturated heterocycles. The maximum absolute atomic E-state index is 12.0. The van der Waals surface area contributed by atoms with Gasteiger partial charge in [-0.2, -0.15) is 13.2 Å². The van der Waals surface area contributed by atoms with Crippen molar-refractivity contribution < 1.29 is 23.1 Å². The van der Waals surface area contributed by atoms with Gasteiger partial charge in [0.15, 0.2) is 0 Å². The fourth-order valence-corrected chi connectivity index (χ4v) is 1.23. The smallest absolute Gasteiger partial charge is 0.406 e. The normalized spacial score (nSPS) is 33.1. The van der Waals surface area contributed by atoms with Crippen molar-refractivity contribution >= 4 is 18.4 Å². The number of aliphatic carboxylic acids is 1. The van der Waals surface area contributed by atoms with Crippen LogP contribution in [-0.2, 0) is 4.79 Å². The van der Waals surface area contributed by atoms with Crippen LogP contribution in [0, 0.1) is 5.92 Å². The minimum Gasteiger partial charge on any atom is -0.481 e. The highest BCUT2D eigenvalue weighted by atomic mass is 35.5. The van der Waals surface area contributed by atoms with Gasteiger partial charge in [-0.1, -0.05) is 0 Å². The second-order valence-electron chi connectivity index (χ2n) is 3.10. The van der Waals surface area contributed by atoms with Crippen LogP contribution in [0.25, 0.3) is 0 Å². The average molecular weight is 220 g/mol. The van der Waals surface area contributed by atoms with E-state index in [1.165, 1.54) is 0 Å². The maximum Gasteiger partial charge on any atom is 0.406 e. The summed E-state index contributed by atoms with van der Waals surface area (Å²) in [6.07, 6.45) is -5.50. The second-order valence-corrected chi connectivity index (χ2v) is 3.10. The minimum absolute atomic E-state index is 0. The molecule has 0 heterocycles. The zero-order valence-electron chi connectivity index (χ0n) is 6.47. The number of rotatable bonds is 1. The summed E-state index contributed by atoms with van der Waals surface area (Å²) < 4.78 is 36.0. The van der Waals surface area contributed by atoms with Crippen molar-refractivity contribution in [1.82, 2.24) is 0 Å². The monoisotopic (exact) mass is 219 g/mol. The summed E-state index contributed by atoms with van der Waals surface area (Å²) >= 11 is 0. The van der Waals surface area contributed by atoms with Crippen LogP contribution >= 0.6 is 12.4 Å². The summed E-state index contributed by atoms with van der Waals surface area (Å²) in [6, 6.07) is 0. The average Bonchev–Trinajstić information content (AvgIpc) is 1.77. The number of nitrogens with two attached hydrogens (primary N) is 1. The molecule has 7 heteroatoms. The van der Waals surface area contributed by atoms with E-state index in [1.807, 2.05) is 0 Å². The molecule has 0 spiro atoms. The number of carboxylic acid groups (broad SMARTS) is 1. The van der Waals surface area contributed by atoms with Crippen LogP contribution in [0.3, 0.4) is 0 Å². The molecule has 0 atom stereocenters. The van der Waals surface area contributed by atoms with Gasteiger partial charge in [-0.3, -0.25) is 4.79 Å². The van der Waals surface area contributed by atoms with Crippen LogP contribution in [0.15, 0.2) is 0 Å². The predicted molar refractivity (Wildman–Crippen MR) is 40.6 cm³/mol. The van der Waals surface area contributed by atoms with E-state index in [4.69, 9.17) is 10.8 Å². The minimum atomic E-state index is -4.49. The Kier molecular flexibility index (Phi) is 3.21. The molecular weight excluding hydrogens is 211 g/mol. The van der Waals surface area contributed by atoms with Crippen LogP contribution in [-0.4, -0.2) is 22.8 Å². The lowest BCUT2D eigenvalue weighted by molar-refractivity contribution is -0.220. The van der Waals surface area contributed by atoms with Gasteiger partial charge < -0.3 is 10.8 Å². The number of hydrogen-bond donors (Lipinski definition) is 2. The van der Waals surface area contributed by atoms with E-state index >= 15 is 0 Å². The molecule has 1 fully saturated rings. The van der Waals surface area contributed by atoms with Gasteiger partial charge in [-0.05, 0) is 12.8 Å². The Morgan fingerprint density at radius 3 is 2.08 bits per heavy atom. The lowest BCUT2D eigenvalue weighted by atomic mass is 9.68. The summed E-state index contributed by atoms with van der Waals surface area (Å²) in [4.78, 5) is 10.2. The molecule has 1 aliphatic rings. The quantitative estimate of drug-likeness (QED) is 0.696. The molecule has 1 aliphatic carbocycles. The van der Waals surface area contributed by atoms with E-state index in [0.29, 0.717) is 0 Å². The Hall–Kier alpha value is -0.490. The first-order chi connectivity index (χ1) is 5.26. The standard InChI is InChI=1S/C6H8F3NO2.ClH/c7-6(8,9)5(10)1-3(2-5)4(11)12;/h3H,1-2,10H2,(H,11,12);1H. The van der Waals surface area contributed by atoms with Crippen LogP contribution in [0.5, 0.6) is 0 Å². The van der Waals surface area contributed by atoms with Gasteiger partial charge in [0.05, 0.1) is 5.92 Å². The molecule has 13 heavy (non-hydrogen) atoms. The molecule has 0 amide bonds. The number of halogens is 4. The largest absolute Gasteiger partial charge is 0.481 e. The maximum atomic E-state index is 12.0. The third-order valence-electron chi connectivity index (χ3n) is 2.14. The van der Waals surface area contributed by atoms with Crippen molar-refractivity contribution in [2.24, 2.45) is 11.7 Å². The van der Waals surface area contributed by atoms with E-state index < -0.39 is 36.4 Å². The second kappa shape index (κ2) is 3.34. The van der Waals surface area contributed by atoms with Crippen LogP contribution in [0.4, 0.5) is 13.2 Å². The molecule has 0 aromatic rings. The molecule has 0 bridgehead atoms. The molecule has 0 unspecified atom stereocenters. The number of carboxylic acids is 1. The van der Waals surface area contributed by atoms with E-state index in [1.54, 1.807) is 0 Å². The molecule has 0 aromatic carbocycles. The molecule has 0 aliphatic heterocycles. The van der Waals surface area contributed by atoms with Crippen molar-refractivity contribution in [3.63, 3.8) is 0 Å². The van der Waals surface area contributed by atoms with Crippen molar-refractivity contribution in [2.45, 2.75) is 24.6 Å². The van der Waals surface area contributed by atoms with E-state index in [-0.39, 0.29) is 12.4 Å². The summed E-state index contributed by atoms with van der Waals surface area (Å²) in [6.45, 7) is 0. The first-order valence-corrected chi connectivity index (χ1v) is 3.35. The van der Waals surface area contributed by atoms with E-state index in [9.17, 15) is 18.0 Å². The number of carbonyl (C=O) groups is 1. The SMILES string of the molecule is Cl.NC1(C(F)(F)F)CC(C(=O)O)C1. The highest BCUT2D eigenvalue weighted by molar-refractivity contribution is 5.85. The zero-order chi connectivity index (χ0) is 9.57.